The van der Waals surface area contributed by atoms with Crippen LogP contribution in [0.5, 0.6) is 0 Å². The lowest BCUT2D eigenvalue weighted by molar-refractivity contribution is -0.384. The van der Waals surface area contributed by atoms with Gasteiger partial charge in [0.1, 0.15) is 0 Å². The van der Waals surface area contributed by atoms with Crippen LogP contribution in [0.4, 0.5) is 5.69 Å². The lowest BCUT2D eigenvalue weighted by Crippen LogP contribution is -2.55. The summed E-state index contributed by atoms with van der Waals surface area (Å²) >= 11 is 0. The summed E-state index contributed by atoms with van der Waals surface area (Å²) in [7, 11) is 0. The topological polar surface area (TPSA) is 72.2 Å². The summed E-state index contributed by atoms with van der Waals surface area (Å²) in [4.78, 5) is 23.0. The first-order chi connectivity index (χ1) is 11.4. The Kier molecular flexibility index (Phi) is 3.62. The number of non-ortho nitro benzene ring substituents is 1. The highest BCUT2D eigenvalue weighted by atomic mass is 16.6. The van der Waals surface area contributed by atoms with Crippen LogP contribution in [0, 0.1) is 33.3 Å². The molecule has 1 N–H and O–H groups in total. The van der Waals surface area contributed by atoms with E-state index in [1.54, 1.807) is 12.1 Å². The van der Waals surface area contributed by atoms with Gasteiger partial charge in [0.25, 0.3) is 11.6 Å². The predicted molar refractivity (Wildman–Crippen MR) is 90.6 cm³/mol. The van der Waals surface area contributed by atoms with Gasteiger partial charge in [-0.15, -0.1) is 0 Å². The largest absolute Gasteiger partial charge is 0.349 e. The van der Waals surface area contributed by atoms with Gasteiger partial charge in [-0.25, -0.2) is 0 Å². The molecule has 0 aliphatic heterocycles. The van der Waals surface area contributed by atoms with Crippen LogP contribution in [-0.2, 0) is 0 Å². The second-order valence-electron chi connectivity index (χ2n) is 8.28. The monoisotopic (exact) mass is 328 g/mol. The van der Waals surface area contributed by atoms with Gasteiger partial charge in [0, 0.05) is 23.7 Å². The molecule has 0 heterocycles. The molecule has 1 aromatic carbocycles. The van der Waals surface area contributed by atoms with Crippen LogP contribution < -0.4 is 5.32 Å². The van der Waals surface area contributed by atoms with Gasteiger partial charge >= 0.3 is 0 Å². The van der Waals surface area contributed by atoms with E-state index in [1.165, 1.54) is 50.7 Å². The zero-order chi connectivity index (χ0) is 16.9. The van der Waals surface area contributed by atoms with E-state index in [-0.39, 0.29) is 23.1 Å². The van der Waals surface area contributed by atoms with Crippen molar-refractivity contribution >= 4 is 11.6 Å². The molecular formula is C19H24N2O3. The van der Waals surface area contributed by atoms with Crippen molar-refractivity contribution in [1.82, 2.24) is 5.32 Å². The molecule has 5 rings (SSSR count). The maximum absolute atomic E-state index is 12.6. The summed E-state index contributed by atoms with van der Waals surface area (Å²) in [6.45, 7) is 2.13. The minimum Gasteiger partial charge on any atom is -0.349 e. The van der Waals surface area contributed by atoms with Crippen molar-refractivity contribution in [1.29, 1.82) is 0 Å². The molecule has 0 radical (unpaired) electrons. The number of rotatable bonds is 4. The number of carbonyl (C=O) groups excluding carboxylic acids is 1. The molecule has 0 saturated heterocycles. The molecule has 4 aliphatic carbocycles. The van der Waals surface area contributed by atoms with Crippen molar-refractivity contribution in [2.45, 2.75) is 51.5 Å². The Morgan fingerprint density at radius 3 is 2.33 bits per heavy atom. The van der Waals surface area contributed by atoms with Gasteiger partial charge in [0.15, 0.2) is 0 Å². The molecule has 4 aliphatic rings. The summed E-state index contributed by atoms with van der Waals surface area (Å²) in [5.41, 5.74) is 0.580. The third-order valence-corrected chi connectivity index (χ3v) is 6.67. The Labute approximate surface area is 142 Å². The highest BCUT2D eigenvalue weighted by Gasteiger charge is 2.53. The predicted octanol–water partition coefficient (Wildman–Crippen LogP) is 3.93. The van der Waals surface area contributed by atoms with E-state index in [4.69, 9.17) is 0 Å². The molecule has 1 atom stereocenters. The number of amides is 1. The second kappa shape index (κ2) is 5.57. The maximum Gasteiger partial charge on any atom is 0.270 e. The zero-order valence-corrected chi connectivity index (χ0v) is 14.0. The standard InChI is InChI=1S/C19H24N2O3/c1-12(19-9-13-5-14(10-19)7-15(6-13)11-19)20-18(22)16-3-2-4-17(8-16)21(23)24/h2-4,8,12-15H,5-7,9-11H2,1H3,(H,20,22). The van der Waals surface area contributed by atoms with Crippen LogP contribution in [0.3, 0.4) is 0 Å². The summed E-state index contributed by atoms with van der Waals surface area (Å²) in [5.74, 6) is 2.33. The normalized spacial score (nSPS) is 34.8. The third-order valence-electron chi connectivity index (χ3n) is 6.67. The minimum atomic E-state index is -0.459. The molecule has 4 saturated carbocycles. The van der Waals surface area contributed by atoms with Crippen molar-refractivity contribution in [2.24, 2.45) is 23.2 Å². The molecule has 5 nitrogen and oxygen atoms in total. The Hall–Kier alpha value is -1.91. The molecular weight excluding hydrogens is 304 g/mol. The van der Waals surface area contributed by atoms with Crippen molar-refractivity contribution in [3.63, 3.8) is 0 Å². The Bertz CT molecular complexity index is 650. The van der Waals surface area contributed by atoms with E-state index in [9.17, 15) is 14.9 Å². The molecule has 1 aromatic rings. The average molecular weight is 328 g/mol. The van der Waals surface area contributed by atoms with E-state index in [2.05, 4.69) is 12.2 Å². The minimum absolute atomic E-state index is 0.0369. The van der Waals surface area contributed by atoms with Crippen LogP contribution >= 0.6 is 0 Å². The molecule has 0 aromatic heterocycles. The highest BCUT2D eigenvalue weighted by Crippen LogP contribution is 2.61. The molecule has 24 heavy (non-hydrogen) atoms. The Morgan fingerprint density at radius 1 is 1.21 bits per heavy atom. The van der Waals surface area contributed by atoms with Crippen molar-refractivity contribution < 1.29 is 9.72 Å². The van der Waals surface area contributed by atoms with Gasteiger partial charge in [-0.1, -0.05) is 6.07 Å². The van der Waals surface area contributed by atoms with Gasteiger partial charge < -0.3 is 5.32 Å². The number of benzene rings is 1. The molecule has 0 spiro atoms. The molecule has 1 amide bonds. The molecule has 4 fully saturated rings. The molecule has 4 bridgehead atoms. The summed E-state index contributed by atoms with van der Waals surface area (Å²) < 4.78 is 0. The zero-order valence-electron chi connectivity index (χ0n) is 14.0. The van der Waals surface area contributed by atoms with E-state index in [1.807, 2.05) is 0 Å². The number of hydrogen-bond donors (Lipinski definition) is 1. The number of carbonyl (C=O) groups is 1. The fourth-order valence-electron chi connectivity index (χ4n) is 5.90. The summed E-state index contributed by atoms with van der Waals surface area (Å²) in [6, 6.07) is 6.12. The number of nitrogens with one attached hydrogen (secondary N) is 1. The fraction of sp³-hybridized carbons (Fsp3) is 0.632. The second-order valence-corrected chi connectivity index (χ2v) is 8.28. The van der Waals surface area contributed by atoms with Gasteiger partial charge in [0.2, 0.25) is 0 Å². The molecule has 128 valence electrons. The summed E-state index contributed by atoms with van der Waals surface area (Å²) in [6.07, 6.45) is 7.83. The SMILES string of the molecule is CC(NC(=O)c1cccc([N+](=O)[O-])c1)C12CC3CC(CC(C3)C1)C2. The quantitative estimate of drug-likeness (QED) is 0.672. The van der Waals surface area contributed by atoms with Crippen LogP contribution in [0.1, 0.15) is 55.8 Å². The maximum atomic E-state index is 12.6. The number of nitrogens with zero attached hydrogens (tertiary/aromatic N) is 1. The van der Waals surface area contributed by atoms with Crippen molar-refractivity contribution in [3.8, 4) is 0 Å². The van der Waals surface area contributed by atoms with E-state index < -0.39 is 4.92 Å². The van der Waals surface area contributed by atoms with Gasteiger partial charge in [-0.05, 0) is 74.7 Å². The summed E-state index contributed by atoms with van der Waals surface area (Å²) in [5, 5.41) is 14.1. The third kappa shape index (κ3) is 2.60. The van der Waals surface area contributed by atoms with Crippen LogP contribution in [0.25, 0.3) is 0 Å². The van der Waals surface area contributed by atoms with E-state index in [0.717, 1.165) is 17.8 Å². The van der Waals surface area contributed by atoms with Crippen LogP contribution in [0.15, 0.2) is 24.3 Å². The van der Waals surface area contributed by atoms with Crippen molar-refractivity contribution in [3.05, 3.63) is 39.9 Å². The smallest absolute Gasteiger partial charge is 0.270 e. The van der Waals surface area contributed by atoms with Crippen molar-refractivity contribution in [2.75, 3.05) is 0 Å². The number of nitro groups is 1. The van der Waals surface area contributed by atoms with Gasteiger partial charge in [0.05, 0.1) is 4.92 Å². The Morgan fingerprint density at radius 2 is 1.79 bits per heavy atom. The molecule has 1 unspecified atom stereocenters. The van der Waals surface area contributed by atoms with E-state index in [0.29, 0.717) is 5.56 Å². The lowest BCUT2D eigenvalue weighted by atomic mass is 9.48. The first-order valence-corrected chi connectivity index (χ1v) is 9.00. The highest BCUT2D eigenvalue weighted by molar-refractivity contribution is 5.95. The first-order valence-electron chi connectivity index (χ1n) is 9.00. The molecule has 5 heteroatoms. The first kappa shape index (κ1) is 15.6. The average Bonchev–Trinajstić information content (AvgIpc) is 2.53. The fourth-order valence-corrected chi connectivity index (χ4v) is 5.90. The lowest BCUT2D eigenvalue weighted by Gasteiger charge is -2.59. The van der Waals surface area contributed by atoms with Gasteiger partial charge in [-0.3, -0.25) is 14.9 Å². The van der Waals surface area contributed by atoms with Gasteiger partial charge in [-0.2, -0.15) is 0 Å². The van der Waals surface area contributed by atoms with Crippen LogP contribution in [0.2, 0.25) is 0 Å². The number of hydrogen-bond acceptors (Lipinski definition) is 3. The number of nitro benzene ring substituents is 1. The van der Waals surface area contributed by atoms with Crippen LogP contribution in [-0.4, -0.2) is 16.9 Å². The van der Waals surface area contributed by atoms with E-state index >= 15 is 0 Å². The Balaban J connectivity index is 1.50.